The summed E-state index contributed by atoms with van der Waals surface area (Å²) >= 11 is 5.89. The molecule has 1 aromatic rings. The number of phenolic OH excluding ortho intramolecular Hbond substituents is 1. The van der Waals surface area contributed by atoms with Crippen molar-refractivity contribution in [3.63, 3.8) is 0 Å². The van der Waals surface area contributed by atoms with Crippen molar-refractivity contribution < 1.29 is 10.2 Å². The molecule has 2 rings (SSSR count). The maximum absolute atomic E-state index is 9.68. The van der Waals surface area contributed by atoms with Gasteiger partial charge >= 0.3 is 0 Å². The molecule has 0 aromatic heterocycles. The van der Waals surface area contributed by atoms with Crippen LogP contribution in [0.5, 0.6) is 5.75 Å². The van der Waals surface area contributed by atoms with Crippen LogP contribution in [-0.4, -0.2) is 34.8 Å². The highest BCUT2D eigenvalue weighted by Crippen LogP contribution is 2.25. The van der Waals surface area contributed by atoms with Gasteiger partial charge in [0.1, 0.15) is 5.75 Å². The van der Waals surface area contributed by atoms with Gasteiger partial charge in [-0.25, -0.2) is 0 Å². The molecular weight excluding hydrogens is 226 g/mol. The number of hydrogen-bond acceptors (Lipinski definition) is 3. The first-order valence-electron chi connectivity index (χ1n) is 5.49. The summed E-state index contributed by atoms with van der Waals surface area (Å²) in [6, 6.07) is 5.10. The third-order valence-corrected chi connectivity index (χ3v) is 3.30. The Morgan fingerprint density at radius 1 is 1.44 bits per heavy atom. The SMILES string of the molecule is OC[C@H]1CCN(Cc2cc(Cl)ccc2O)C1. The maximum Gasteiger partial charge on any atom is 0.120 e. The molecule has 0 unspecified atom stereocenters. The Hall–Kier alpha value is -0.770. The molecule has 4 heteroatoms. The van der Waals surface area contributed by atoms with E-state index < -0.39 is 0 Å². The number of aliphatic hydroxyl groups excluding tert-OH is 1. The van der Waals surface area contributed by atoms with Gasteiger partial charge in [0.15, 0.2) is 0 Å². The molecule has 1 aliphatic heterocycles. The summed E-state index contributed by atoms with van der Waals surface area (Å²) in [6.45, 7) is 2.81. The number of halogens is 1. The maximum atomic E-state index is 9.68. The molecule has 3 nitrogen and oxygen atoms in total. The lowest BCUT2D eigenvalue weighted by atomic mass is 10.1. The van der Waals surface area contributed by atoms with Crippen molar-refractivity contribution in [2.24, 2.45) is 5.92 Å². The van der Waals surface area contributed by atoms with Gasteiger partial charge in [-0.05, 0) is 37.1 Å². The van der Waals surface area contributed by atoms with Crippen LogP contribution in [0.25, 0.3) is 0 Å². The molecule has 1 fully saturated rings. The van der Waals surface area contributed by atoms with Crippen molar-refractivity contribution in [1.29, 1.82) is 0 Å². The standard InChI is InChI=1S/C12H16ClNO2/c13-11-1-2-12(16)10(5-11)7-14-4-3-9(6-14)8-15/h1-2,5,9,15-16H,3-4,6-8H2/t9-/m0/s1. The van der Waals surface area contributed by atoms with E-state index >= 15 is 0 Å². The molecule has 1 atom stereocenters. The van der Waals surface area contributed by atoms with E-state index in [-0.39, 0.29) is 12.4 Å². The van der Waals surface area contributed by atoms with Gasteiger partial charge in [-0.15, -0.1) is 0 Å². The molecule has 0 bridgehead atoms. The zero-order valence-electron chi connectivity index (χ0n) is 9.06. The Bertz CT molecular complexity index is 370. The minimum atomic E-state index is 0.248. The van der Waals surface area contributed by atoms with Crippen LogP contribution in [0.2, 0.25) is 5.02 Å². The Labute approximate surface area is 100 Å². The van der Waals surface area contributed by atoms with Crippen molar-refractivity contribution in [3.8, 4) is 5.75 Å². The summed E-state index contributed by atoms with van der Waals surface area (Å²) < 4.78 is 0. The fourth-order valence-corrected chi connectivity index (χ4v) is 2.32. The van der Waals surface area contributed by atoms with Crippen molar-refractivity contribution in [1.82, 2.24) is 4.90 Å². The molecule has 1 heterocycles. The fraction of sp³-hybridized carbons (Fsp3) is 0.500. The third kappa shape index (κ3) is 2.67. The molecule has 1 saturated heterocycles. The van der Waals surface area contributed by atoms with Gasteiger partial charge in [-0.3, -0.25) is 4.90 Å². The van der Waals surface area contributed by atoms with Crippen LogP contribution in [-0.2, 0) is 6.54 Å². The number of nitrogens with zero attached hydrogens (tertiary/aromatic N) is 1. The molecule has 88 valence electrons. The van der Waals surface area contributed by atoms with Gasteiger partial charge in [-0.1, -0.05) is 11.6 Å². The first-order chi connectivity index (χ1) is 7.69. The highest BCUT2D eigenvalue weighted by molar-refractivity contribution is 6.30. The topological polar surface area (TPSA) is 43.7 Å². The predicted octanol–water partition coefficient (Wildman–Crippen LogP) is 1.86. The van der Waals surface area contributed by atoms with Crippen LogP contribution in [0.4, 0.5) is 0 Å². The van der Waals surface area contributed by atoms with Crippen LogP contribution in [0.3, 0.4) is 0 Å². The lowest BCUT2D eigenvalue weighted by Crippen LogP contribution is -2.21. The van der Waals surface area contributed by atoms with Gasteiger partial charge < -0.3 is 10.2 Å². The van der Waals surface area contributed by atoms with Crippen LogP contribution in [0.1, 0.15) is 12.0 Å². The van der Waals surface area contributed by atoms with E-state index in [1.807, 2.05) is 0 Å². The molecule has 1 aliphatic rings. The Morgan fingerprint density at radius 2 is 2.25 bits per heavy atom. The zero-order valence-corrected chi connectivity index (χ0v) is 9.82. The van der Waals surface area contributed by atoms with Crippen LogP contribution < -0.4 is 0 Å². The molecule has 0 amide bonds. The molecule has 0 spiro atoms. The van der Waals surface area contributed by atoms with Gasteiger partial charge in [0.25, 0.3) is 0 Å². The molecule has 16 heavy (non-hydrogen) atoms. The predicted molar refractivity (Wildman–Crippen MR) is 63.6 cm³/mol. The summed E-state index contributed by atoms with van der Waals surface area (Å²) in [6.07, 6.45) is 1.03. The number of aliphatic hydroxyl groups is 1. The summed E-state index contributed by atoms with van der Waals surface area (Å²) in [5.41, 5.74) is 0.853. The minimum absolute atomic E-state index is 0.248. The largest absolute Gasteiger partial charge is 0.508 e. The highest BCUT2D eigenvalue weighted by Gasteiger charge is 2.22. The molecule has 2 N–H and O–H groups in total. The summed E-state index contributed by atoms with van der Waals surface area (Å²) in [4.78, 5) is 2.23. The van der Waals surface area contributed by atoms with Crippen molar-refractivity contribution in [2.75, 3.05) is 19.7 Å². The normalized spacial score (nSPS) is 21.5. The second-order valence-electron chi connectivity index (χ2n) is 4.35. The van der Waals surface area contributed by atoms with E-state index in [1.54, 1.807) is 18.2 Å². The van der Waals surface area contributed by atoms with Crippen molar-refractivity contribution in [3.05, 3.63) is 28.8 Å². The highest BCUT2D eigenvalue weighted by atomic mass is 35.5. The van der Waals surface area contributed by atoms with Gasteiger partial charge in [0, 0.05) is 30.3 Å². The first kappa shape index (κ1) is 11.7. The van der Waals surface area contributed by atoms with Crippen molar-refractivity contribution in [2.45, 2.75) is 13.0 Å². The molecule has 1 aromatic carbocycles. The Balaban J connectivity index is 2.01. The van der Waals surface area contributed by atoms with E-state index in [2.05, 4.69) is 4.90 Å². The van der Waals surface area contributed by atoms with Gasteiger partial charge in [-0.2, -0.15) is 0 Å². The van der Waals surface area contributed by atoms with E-state index in [0.717, 1.165) is 25.1 Å². The third-order valence-electron chi connectivity index (χ3n) is 3.06. The average molecular weight is 242 g/mol. The minimum Gasteiger partial charge on any atom is -0.508 e. The quantitative estimate of drug-likeness (QED) is 0.849. The second kappa shape index (κ2) is 5.04. The zero-order chi connectivity index (χ0) is 11.5. The second-order valence-corrected chi connectivity index (χ2v) is 4.78. The number of rotatable bonds is 3. The molecule has 0 radical (unpaired) electrons. The summed E-state index contributed by atoms with van der Waals surface area (Å²) in [5.74, 6) is 0.665. The van der Waals surface area contributed by atoms with Crippen molar-refractivity contribution >= 4 is 11.6 Å². The fourth-order valence-electron chi connectivity index (χ4n) is 2.13. The molecule has 0 saturated carbocycles. The van der Waals surface area contributed by atoms with E-state index in [9.17, 15) is 5.11 Å². The molecule has 0 aliphatic carbocycles. The number of likely N-dealkylation sites (tertiary alicyclic amines) is 1. The summed E-state index contributed by atoms with van der Waals surface area (Å²) in [7, 11) is 0. The van der Waals surface area contributed by atoms with E-state index in [1.165, 1.54) is 0 Å². The monoisotopic (exact) mass is 241 g/mol. The lowest BCUT2D eigenvalue weighted by molar-refractivity contribution is 0.219. The first-order valence-corrected chi connectivity index (χ1v) is 5.87. The number of benzene rings is 1. The van der Waals surface area contributed by atoms with E-state index in [4.69, 9.17) is 16.7 Å². The average Bonchev–Trinajstić information content (AvgIpc) is 2.71. The van der Waals surface area contributed by atoms with Gasteiger partial charge in [0.2, 0.25) is 0 Å². The van der Waals surface area contributed by atoms with Crippen LogP contribution in [0.15, 0.2) is 18.2 Å². The van der Waals surface area contributed by atoms with Gasteiger partial charge in [0.05, 0.1) is 0 Å². The summed E-state index contributed by atoms with van der Waals surface area (Å²) in [5, 5.41) is 19.4. The van der Waals surface area contributed by atoms with Crippen LogP contribution in [0, 0.1) is 5.92 Å². The lowest BCUT2D eigenvalue weighted by Gasteiger charge is -2.16. The Morgan fingerprint density at radius 3 is 2.94 bits per heavy atom. The smallest absolute Gasteiger partial charge is 0.120 e. The van der Waals surface area contributed by atoms with E-state index in [0.29, 0.717) is 17.5 Å². The number of hydrogen-bond donors (Lipinski definition) is 2. The van der Waals surface area contributed by atoms with Crippen LogP contribution >= 0.6 is 11.6 Å². The molecular formula is C12H16ClNO2. The number of phenols is 1. The number of aromatic hydroxyl groups is 1. The Kier molecular flexibility index (Phi) is 3.69.